The molecule has 0 bridgehead atoms. The van der Waals surface area contributed by atoms with Crippen LogP contribution in [-0.2, 0) is 34.1 Å². The number of esters is 3. The van der Waals surface area contributed by atoms with E-state index in [9.17, 15) is 14.4 Å². The molecule has 4 unspecified atom stereocenters. The third-order valence-corrected chi connectivity index (χ3v) is 5.39. The summed E-state index contributed by atoms with van der Waals surface area (Å²) in [6.07, 6.45) is -4.17. The monoisotopic (exact) mass is 574 g/mol. The largest absolute Gasteiger partial charge is 0.459 e. The first-order valence-corrected chi connectivity index (χ1v) is 13.1. The maximum absolute atomic E-state index is 12.8. The Morgan fingerprint density at radius 2 is 1.07 bits per heavy atom. The summed E-state index contributed by atoms with van der Waals surface area (Å²) in [7, 11) is -3.29. The first kappa shape index (κ1) is 30.4. The van der Waals surface area contributed by atoms with Gasteiger partial charge in [-0.1, -0.05) is 54.6 Å². The number of benzene rings is 3. The normalized spacial score (nSPS) is 20.0. The molecule has 0 saturated carbocycles. The Balaban J connectivity index is 0.000000810. The highest BCUT2D eigenvalue weighted by atomic mass is 32.3. The molecule has 2 N–H and O–H groups in total. The third kappa shape index (κ3) is 9.25. The molecule has 1 fully saturated rings. The predicted octanol–water partition coefficient (Wildman–Crippen LogP) is 3.01. The van der Waals surface area contributed by atoms with Crippen molar-refractivity contribution in [3.05, 3.63) is 108 Å². The van der Waals surface area contributed by atoms with Gasteiger partial charge in [-0.15, -0.1) is 0 Å². The summed E-state index contributed by atoms with van der Waals surface area (Å²) in [4.78, 5) is 38.0. The van der Waals surface area contributed by atoms with E-state index < -0.39 is 52.9 Å². The molecule has 4 rings (SSSR count). The topological polar surface area (TPSA) is 172 Å². The Morgan fingerprint density at radius 1 is 0.700 bits per heavy atom. The van der Waals surface area contributed by atoms with E-state index in [1.54, 1.807) is 91.0 Å². The summed E-state index contributed by atoms with van der Waals surface area (Å²) in [5, 5.41) is 0. The van der Waals surface area contributed by atoms with Gasteiger partial charge in [0.15, 0.2) is 18.5 Å². The van der Waals surface area contributed by atoms with Gasteiger partial charge in [0.25, 0.3) is 0 Å². The van der Waals surface area contributed by atoms with E-state index in [2.05, 4.69) is 0 Å². The zero-order chi connectivity index (χ0) is 29.1. The van der Waals surface area contributed by atoms with E-state index in [0.29, 0.717) is 16.7 Å². The minimum Gasteiger partial charge on any atom is -0.459 e. The van der Waals surface area contributed by atoms with Crippen LogP contribution in [-0.4, -0.2) is 73.7 Å². The average Bonchev–Trinajstić information content (AvgIpc) is 3.27. The number of ether oxygens (including phenoxy) is 5. The molecular formula is C27H26O12S. The molecule has 4 atom stereocenters. The van der Waals surface area contributed by atoms with Crippen LogP contribution in [0.1, 0.15) is 31.1 Å². The number of carbonyl (C=O) groups excluding carboxylic acids is 3. The fourth-order valence-electron chi connectivity index (χ4n) is 3.63. The Kier molecular flexibility index (Phi) is 10.9. The van der Waals surface area contributed by atoms with Crippen LogP contribution < -0.4 is 0 Å². The lowest BCUT2D eigenvalue weighted by Crippen LogP contribution is -2.42. The van der Waals surface area contributed by atoms with Crippen LogP contribution in [0.15, 0.2) is 91.0 Å². The van der Waals surface area contributed by atoms with Gasteiger partial charge in [0.05, 0.1) is 16.7 Å². The SMILES string of the molecule is COC1OC(COC(=O)c2ccccc2)C(OC(=O)c2ccccc2)C1OC(=O)c1ccccc1.O=S(=O)(O)O. The second-order valence-electron chi connectivity index (χ2n) is 8.16. The number of hydrogen-bond donors (Lipinski definition) is 2. The van der Waals surface area contributed by atoms with E-state index in [1.165, 1.54) is 7.11 Å². The quantitative estimate of drug-likeness (QED) is 0.229. The lowest BCUT2D eigenvalue weighted by molar-refractivity contribution is -0.155. The van der Waals surface area contributed by atoms with Crippen molar-refractivity contribution in [2.75, 3.05) is 13.7 Å². The van der Waals surface area contributed by atoms with Gasteiger partial charge in [-0.3, -0.25) is 9.11 Å². The smallest absolute Gasteiger partial charge is 0.394 e. The number of rotatable bonds is 8. The molecular weight excluding hydrogens is 548 g/mol. The Bertz CT molecular complexity index is 1360. The van der Waals surface area contributed by atoms with Gasteiger partial charge >= 0.3 is 28.3 Å². The number of methoxy groups -OCH3 is 1. The van der Waals surface area contributed by atoms with Crippen LogP contribution in [0.2, 0.25) is 0 Å². The molecule has 1 aliphatic rings. The van der Waals surface area contributed by atoms with Crippen LogP contribution in [0.25, 0.3) is 0 Å². The van der Waals surface area contributed by atoms with Crippen LogP contribution in [0, 0.1) is 0 Å². The molecule has 1 heterocycles. The third-order valence-electron chi connectivity index (χ3n) is 5.39. The molecule has 0 radical (unpaired) electrons. The highest BCUT2D eigenvalue weighted by Crippen LogP contribution is 2.29. The molecule has 0 aromatic heterocycles. The molecule has 13 heteroatoms. The number of carbonyl (C=O) groups is 3. The molecule has 1 saturated heterocycles. The minimum atomic E-state index is -4.67. The maximum Gasteiger partial charge on any atom is 0.394 e. The molecule has 0 aliphatic carbocycles. The molecule has 0 amide bonds. The van der Waals surface area contributed by atoms with E-state index >= 15 is 0 Å². The first-order chi connectivity index (χ1) is 19.1. The number of hydrogen-bond acceptors (Lipinski definition) is 10. The zero-order valence-electron chi connectivity index (χ0n) is 21.1. The van der Waals surface area contributed by atoms with E-state index in [1.807, 2.05) is 0 Å². The van der Waals surface area contributed by atoms with Crippen molar-refractivity contribution in [3.8, 4) is 0 Å². The van der Waals surface area contributed by atoms with E-state index in [0.717, 1.165) is 0 Å². The lowest BCUT2D eigenvalue weighted by Gasteiger charge is -2.24. The van der Waals surface area contributed by atoms with Gasteiger partial charge in [0.2, 0.25) is 0 Å². The van der Waals surface area contributed by atoms with Gasteiger partial charge < -0.3 is 23.7 Å². The highest BCUT2D eigenvalue weighted by Gasteiger charge is 2.50. The van der Waals surface area contributed by atoms with Gasteiger partial charge in [-0.2, -0.15) is 8.42 Å². The average molecular weight is 575 g/mol. The molecule has 3 aromatic rings. The summed E-state index contributed by atoms with van der Waals surface area (Å²) < 4.78 is 59.6. The predicted molar refractivity (Wildman–Crippen MR) is 138 cm³/mol. The summed E-state index contributed by atoms with van der Waals surface area (Å²) in [5.41, 5.74) is 0.981. The Labute approximate surface area is 230 Å². The van der Waals surface area contributed by atoms with Crippen molar-refractivity contribution in [1.29, 1.82) is 0 Å². The van der Waals surface area contributed by atoms with Crippen LogP contribution >= 0.6 is 0 Å². The van der Waals surface area contributed by atoms with Gasteiger partial charge in [0.1, 0.15) is 12.7 Å². The van der Waals surface area contributed by atoms with Gasteiger partial charge in [-0.25, -0.2) is 14.4 Å². The maximum atomic E-state index is 12.8. The van der Waals surface area contributed by atoms with Crippen LogP contribution in [0.5, 0.6) is 0 Å². The van der Waals surface area contributed by atoms with Crippen molar-refractivity contribution in [2.24, 2.45) is 0 Å². The summed E-state index contributed by atoms with van der Waals surface area (Å²) in [5.74, 6) is -1.85. The van der Waals surface area contributed by atoms with Crippen molar-refractivity contribution in [3.63, 3.8) is 0 Å². The second kappa shape index (κ2) is 14.3. The minimum absolute atomic E-state index is 0.250. The van der Waals surface area contributed by atoms with Crippen molar-refractivity contribution in [1.82, 2.24) is 0 Å². The van der Waals surface area contributed by atoms with Gasteiger partial charge in [-0.05, 0) is 36.4 Å². The van der Waals surface area contributed by atoms with E-state index in [4.69, 9.17) is 41.2 Å². The highest BCUT2D eigenvalue weighted by molar-refractivity contribution is 7.79. The second-order valence-corrected chi connectivity index (χ2v) is 9.06. The summed E-state index contributed by atoms with van der Waals surface area (Å²) in [6, 6.07) is 25.2. The summed E-state index contributed by atoms with van der Waals surface area (Å²) >= 11 is 0. The van der Waals surface area contributed by atoms with Crippen molar-refractivity contribution >= 4 is 28.3 Å². The Morgan fingerprint density at radius 3 is 1.48 bits per heavy atom. The fraction of sp³-hybridized carbons (Fsp3) is 0.222. The fourth-order valence-corrected chi connectivity index (χ4v) is 3.63. The summed E-state index contributed by atoms with van der Waals surface area (Å²) in [6.45, 7) is -0.250. The standard InChI is InChI=1S/C27H24O8.H2O4S/c1-31-27-23(35-26(30)20-15-9-4-10-16-20)22(34-25(29)19-13-7-3-8-14-19)21(33-27)17-32-24(28)18-11-5-2-6-12-18;1-5(2,3)4/h2-16,21-23,27H,17H2,1H3;(H2,1,2,3,4). The molecule has 3 aromatic carbocycles. The molecule has 12 nitrogen and oxygen atoms in total. The zero-order valence-corrected chi connectivity index (χ0v) is 21.9. The lowest BCUT2D eigenvalue weighted by atomic mass is 10.1. The molecule has 40 heavy (non-hydrogen) atoms. The van der Waals surface area contributed by atoms with Crippen LogP contribution in [0.4, 0.5) is 0 Å². The van der Waals surface area contributed by atoms with Crippen molar-refractivity contribution < 1.29 is 55.6 Å². The molecule has 212 valence electrons. The van der Waals surface area contributed by atoms with Gasteiger partial charge in [0, 0.05) is 7.11 Å². The molecule has 1 aliphatic heterocycles. The first-order valence-electron chi connectivity index (χ1n) is 11.7. The molecule has 0 spiro atoms. The van der Waals surface area contributed by atoms with Crippen molar-refractivity contribution in [2.45, 2.75) is 24.6 Å². The van der Waals surface area contributed by atoms with E-state index in [-0.39, 0.29) is 6.61 Å². The Hall–Kier alpha value is -4.14. The van der Waals surface area contributed by atoms with Crippen LogP contribution in [0.3, 0.4) is 0 Å².